The zero-order chi connectivity index (χ0) is 20.1. The van der Waals surface area contributed by atoms with Crippen molar-refractivity contribution >= 4 is 28.6 Å². The molecule has 2 aromatic heterocycles. The van der Waals surface area contributed by atoms with Crippen molar-refractivity contribution < 1.29 is 4.79 Å². The number of nitrogens with one attached hydrogen (secondary N) is 1. The van der Waals surface area contributed by atoms with Gasteiger partial charge in [-0.25, -0.2) is 4.98 Å². The molecule has 4 rings (SSSR count). The molecule has 1 aliphatic heterocycles. The molecule has 1 saturated heterocycles. The number of likely N-dealkylation sites (tertiary alicyclic amines) is 1. The van der Waals surface area contributed by atoms with E-state index >= 15 is 0 Å². The number of piperidine rings is 1. The van der Waals surface area contributed by atoms with Crippen LogP contribution in [-0.4, -0.2) is 28.4 Å². The second-order valence-electron chi connectivity index (χ2n) is 7.74. The van der Waals surface area contributed by atoms with Gasteiger partial charge in [0.2, 0.25) is 5.91 Å². The maximum atomic E-state index is 12.3. The van der Waals surface area contributed by atoms with Crippen molar-refractivity contribution in [2.75, 3.05) is 6.54 Å². The summed E-state index contributed by atoms with van der Waals surface area (Å²) in [5.74, 6) is 0.0124. The standard InChI is InChI=1S/C23H27N3OS2/c1-17-4-2-3-10-26(17)14-19-7-5-18(6-8-19)13-24-22(27)12-21-16-29-23(25-21)20-9-11-28-15-20/h5-9,11,15-17H,2-4,10,12-14H2,1H3,(H,24,27). The van der Waals surface area contributed by atoms with Crippen LogP contribution in [0.2, 0.25) is 0 Å². The Bertz CT molecular complexity index is 918. The Hall–Kier alpha value is -2.02. The third-order valence-corrected chi connectivity index (χ3v) is 7.12. The number of benzene rings is 1. The highest BCUT2D eigenvalue weighted by atomic mass is 32.1. The Morgan fingerprint density at radius 2 is 2.00 bits per heavy atom. The number of thiophene rings is 1. The number of hydrogen-bond donors (Lipinski definition) is 1. The van der Waals surface area contributed by atoms with Crippen molar-refractivity contribution in [1.82, 2.24) is 15.2 Å². The number of nitrogens with zero attached hydrogens (tertiary/aromatic N) is 2. The van der Waals surface area contributed by atoms with Crippen LogP contribution in [0.3, 0.4) is 0 Å². The van der Waals surface area contributed by atoms with Crippen LogP contribution in [0.1, 0.15) is 43.0 Å². The first kappa shape index (κ1) is 20.3. The van der Waals surface area contributed by atoms with Crippen LogP contribution in [0, 0.1) is 0 Å². The summed E-state index contributed by atoms with van der Waals surface area (Å²) in [6, 6.07) is 11.4. The molecular formula is C23H27N3OS2. The molecule has 0 aliphatic carbocycles. The number of thiazole rings is 1. The van der Waals surface area contributed by atoms with Gasteiger partial charge in [-0.1, -0.05) is 30.7 Å². The number of rotatable bonds is 7. The Labute approximate surface area is 180 Å². The molecule has 0 bridgehead atoms. The average Bonchev–Trinajstić information content (AvgIpc) is 3.41. The lowest BCUT2D eigenvalue weighted by atomic mass is 10.0. The average molecular weight is 426 g/mol. The Kier molecular flexibility index (Phi) is 6.74. The third kappa shape index (κ3) is 5.53. The minimum absolute atomic E-state index is 0.0124. The molecule has 1 amide bonds. The molecular weight excluding hydrogens is 398 g/mol. The zero-order valence-corrected chi connectivity index (χ0v) is 18.4. The van der Waals surface area contributed by atoms with E-state index in [-0.39, 0.29) is 5.91 Å². The molecule has 3 aromatic rings. The van der Waals surface area contributed by atoms with Gasteiger partial charge in [-0.15, -0.1) is 11.3 Å². The lowest BCUT2D eigenvalue weighted by Crippen LogP contribution is -2.36. The molecule has 1 fully saturated rings. The van der Waals surface area contributed by atoms with Crippen molar-refractivity contribution in [3.8, 4) is 10.6 Å². The van der Waals surface area contributed by atoms with Gasteiger partial charge in [0.05, 0.1) is 12.1 Å². The second-order valence-corrected chi connectivity index (χ2v) is 9.38. The molecule has 4 nitrogen and oxygen atoms in total. The van der Waals surface area contributed by atoms with Gasteiger partial charge >= 0.3 is 0 Å². The van der Waals surface area contributed by atoms with Gasteiger partial charge in [0.15, 0.2) is 0 Å². The highest BCUT2D eigenvalue weighted by Gasteiger charge is 2.18. The molecule has 1 N–H and O–H groups in total. The summed E-state index contributed by atoms with van der Waals surface area (Å²) in [6.07, 6.45) is 4.29. The van der Waals surface area contributed by atoms with E-state index in [1.807, 2.05) is 10.8 Å². The minimum atomic E-state index is 0.0124. The topological polar surface area (TPSA) is 45.2 Å². The van der Waals surface area contributed by atoms with E-state index in [0.717, 1.165) is 28.4 Å². The molecule has 6 heteroatoms. The number of carbonyl (C=O) groups is 1. The van der Waals surface area contributed by atoms with Crippen LogP contribution in [-0.2, 0) is 24.3 Å². The quantitative estimate of drug-likeness (QED) is 0.572. The van der Waals surface area contributed by atoms with E-state index < -0.39 is 0 Å². The van der Waals surface area contributed by atoms with E-state index in [1.54, 1.807) is 22.7 Å². The van der Waals surface area contributed by atoms with E-state index in [4.69, 9.17) is 0 Å². The van der Waals surface area contributed by atoms with E-state index in [0.29, 0.717) is 19.0 Å². The molecule has 0 saturated carbocycles. The minimum Gasteiger partial charge on any atom is -0.352 e. The molecule has 152 valence electrons. The normalized spacial score (nSPS) is 17.3. The van der Waals surface area contributed by atoms with Gasteiger partial charge in [0.25, 0.3) is 0 Å². The highest BCUT2D eigenvalue weighted by Crippen LogP contribution is 2.25. The summed E-state index contributed by atoms with van der Waals surface area (Å²) in [6.45, 7) is 5.10. The molecule has 3 heterocycles. The summed E-state index contributed by atoms with van der Waals surface area (Å²) in [5.41, 5.74) is 4.44. The first-order valence-electron chi connectivity index (χ1n) is 10.2. The predicted molar refractivity (Wildman–Crippen MR) is 121 cm³/mol. The summed E-state index contributed by atoms with van der Waals surface area (Å²) in [4.78, 5) is 19.4. The lowest BCUT2D eigenvalue weighted by molar-refractivity contribution is -0.120. The molecule has 29 heavy (non-hydrogen) atoms. The number of aromatic nitrogens is 1. The maximum absolute atomic E-state index is 12.3. The van der Waals surface area contributed by atoms with Crippen molar-refractivity contribution in [3.63, 3.8) is 0 Å². The van der Waals surface area contributed by atoms with Crippen LogP contribution in [0.4, 0.5) is 0 Å². The summed E-state index contributed by atoms with van der Waals surface area (Å²) in [5, 5.41) is 10.1. The van der Waals surface area contributed by atoms with E-state index in [9.17, 15) is 4.79 Å². The van der Waals surface area contributed by atoms with Gasteiger partial charge in [0.1, 0.15) is 5.01 Å². The highest BCUT2D eigenvalue weighted by molar-refractivity contribution is 7.14. The monoisotopic (exact) mass is 425 g/mol. The van der Waals surface area contributed by atoms with Gasteiger partial charge < -0.3 is 5.32 Å². The van der Waals surface area contributed by atoms with Crippen LogP contribution in [0.15, 0.2) is 46.5 Å². The van der Waals surface area contributed by atoms with Crippen molar-refractivity contribution in [3.05, 3.63) is 63.3 Å². The van der Waals surface area contributed by atoms with Crippen LogP contribution >= 0.6 is 22.7 Å². The lowest BCUT2D eigenvalue weighted by Gasteiger charge is -2.33. The van der Waals surface area contributed by atoms with Gasteiger partial charge in [0, 0.05) is 35.5 Å². The fourth-order valence-corrected chi connectivity index (χ4v) is 5.26. The zero-order valence-electron chi connectivity index (χ0n) is 16.8. The van der Waals surface area contributed by atoms with Crippen LogP contribution in [0.5, 0.6) is 0 Å². The molecule has 1 aliphatic rings. The van der Waals surface area contributed by atoms with Crippen molar-refractivity contribution in [2.45, 2.75) is 51.7 Å². The Balaban J connectivity index is 1.25. The number of amides is 1. The van der Waals surface area contributed by atoms with E-state index in [1.165, 1.54) is 31.4 Å². The summed E-state index contributed by atoms with van der Waals surface area (Å²) < 4.78 is 0. The first-order chi connectivity index (χ1) is 14.2. The Morgan fingerprint density at radius 3 is 2.76 bits per heavy atom. The summed E-state index contributed by atoms with van der Waals surface area (Å²) >= 11 is 3.25. The molecule has 0 radical (unpaired) electrons. The third-order valence-electron chi connectivity index (χ3n) is 5.50. The van der Waals surface area contributed by atoms with Crippen molar-refractivity contribution in [2.24, 2.45) is 0 Å². The second kappa shape index (κ2) is 9.65. The van der Waals surface area contributed by atoms with Gasteiger partial charge in [-0.05, 0) is 48.9 Å². The number of carbonyl (C=O) groups excluding carboxylic acids is 1. The molecule has 0 spiro atoms. The van der Waals surface area contributed by atoms with E-state index in [2.05, 4.69) is 57.8 Å². The largest absolute Gasteiger partial charge is 0.352 e. The Morgan fingerprint density at radius 1 is 1.17 bits per heavy atom. The SMILES string of the molecule is CC1CCCCN1Cc1ccc(CNC(=O)Cc2csc(-c3ccsc3)n2)cc1. The van der Waals surface area contributed by atoms with Crippen LogP contribution < -0.4 is 5.32 Å². The predicted octanol–water partition coefficient (Wildman–Crippen LogP) is 5.10. The fourth-order valence-electron chi connectivity index (χ4n) is 3.72. The van der Waals surface area contributed by atoms with Crippen LogP contribution in [0.25, 0.3) is 10.6 Å². The molecule has 1 atom stereocenters. The van der Waals surface area contributed by atoms with Crippen molar-refractivity contribution in [1.29, 1.82) is 0 Å². The number of hydrogen-bond acceptors (Lipinski definition) is 5. The molecule has 1 aromatic carbocycles. The van der Waals surface area contributed by atoms with Gasteiger partial charge in [-0.2, -0.15) is 11.3 Å². The molecule has 1 unspecified atom stereocenters. The fraction of sp³-hybridized carbons (Fsp3) is 0.391. The van der Waals surface area contributed by atoms with Gasteiger partial charge in [-0.3, -0.25) is 9.69 Å². The smallest absolute Gasteiger partial charge is 0.226 e. The maximum Gasteiger partial charge on any atom is 0.226 e. The summed E-state index contributed by atoms with van der Waals surface area (Å²) in [7, 11) is 0. The first-order valence-corrected chi connectivity index (χ1v) is 12.0.